The van der Waals surface area contributed by atoms with Crippen LogP contribution in [0.3, 0.4) is 0 Å². The summed E-state index contributed by atoms with van der Waals surface area (Å²) in [5, 5.41) is 3.22. The number of hydrogen-bond donors (Lipinski definition) is 1. The van der Waals surface area contributed by atoms with Crippen molar-refractivity contribution in [2.24, 2.45) is 11.8 Å². The van der Waals surface area contributed by atoms with Gasteiger partial charge in [0.25, 0.3) is 12.9 Å². The van der Waals surface area contributed by atoms with Gasteiger partial charge in [0, 0.05) is 12.1 Å². The monoisotopic (exact) mass is 849 g/mol. The van der Waals surface area contributed by atoms with Gasteiger partial charge in [-0.05, 0) is 76.4 Å². The van der Waals surface area contributed by atoms with Crippen LogP contribution >= 0.6 is 0 Å². The van der Waals surface area contributed by atoms with Crippen LogP contribution in [0.2, 0.25) is 0 Å². The number of anilines is 1. The van der Waals surface area contributed by atoms with Gasteiger partial charge in [-0.1, -0.05) is 203 Å². The first-order chi connectivity index (χ1) is 29.3. The zero-order valence-corrected chi connectivity index (χ0v) is 40.9. The Morgan fingerprint density at radius 2 is 0.867 bits per heavy atom. The second kappa shape index (κ2) is 47.8. The van der Waals surface area contributed by atoms with Crippen molar-refractivity contribution in [3.63, 3.8) is 0 Å². The van der Waals surface area contributed by atoms with Crippen molar-refractivity contribution in [3.05, 3.63) is 26.0 Å². The molecule has 1 N–H and O–H groups in total. The lowest BCUT2D eigenvalue weighted by atomic mass is 9.92. The smallest absolute Gasteiger partial charge is 0.293 e. The highest BCUT2D eigenvalue weighted by molar-refractivity contribution is 5.56. The summed E-state index contributed by atoms with van der Waals surface area (Å²) >= 11 is 0. The van der Waals surface area contributed by atoms with E-state index in [1.807, 2.05) is 6.92 Å². The molecule has 0 aromatic heterocycles. The molecule has 60 heavy (non-hydrogen) atoms. The van der Waals surface area contributed by atoms with Crippen molar-refractivity contribution in [3.8, 4) is 0 Å². The minimum Gasteiger partial charge on any atom is -0.468 e. The van der Waals surface area contributed by atoms with E-state index in [0.717, 1.165) is 31.8 Å². The van der Waals surface area contributed by atoms with E-state index in [1.165, 1.54) is 193 Å². The summed E-state index contributed by atoms with van der Waals surface area (Å²) in [7, 11) is 0. The molecule has 0 saturated heterocycles. The third-order valence-corrected chi connectivity index (χ3v) is 11.9. The predicted octanol–water partition coefficient (Wildman–Crippen LogP) is 13.9. The molecule has 0 unspecified atom stereocenters. The highest BCUT2D eigenvalue weighted by Gasteiger charge is 2.18. The molecular formula is C52H100N2O6. The lowest BCUT2D eigenvalue weighted by Gasteiger charge is -2.23. The molecule has 0 bridgehead atoms. The Bertz CT molecular complexity index is 1070. The predicted molar refractivity (Wildman–Crippen MR) is 259 cm³/mol. The molecule has 1 rings (SSSR count). The molecule has 0 amide bonds. The third-order valence-electron chi connectivity index (χ3n) is 11.9. The molecule has 1 aromatic rings. The van der Waals surface area contributed by atoms with Gasteiger partial charge in [-0.2, -0.15) is 0 Å². The van der Waals surface area contributed by atoms with E-state index in [1.54, 1.807) is 0 Å². The van der Waals surface area contributed by atoms with E-state index in [2.05, 4.69) is 51.8 Å². The van der Waals surface area contributed by atoms with Crippen LogP contribution in [0.4, 0.5) is 5.69 Å². The van der Waals surface area contributed by atoms with Crippen LogP contribution in [-0.2, 0) is 25.5 Å². The quantitative estimate of drug-likeness (QED) is 0.0394. The van der Waals surface area contributed by atoms with Crippen LogP contribution in [0.25, 0.3) is 0 Å². The SMILES string of the molecule is CCCCCC(CCCCC)CCOC=O.CCCCCC(CCCCC)COC=O.CCCCCCCCN(CCCCCCCC)CCCNc1c(CC)c(=O)c1=O. The number of nitrogens with one attached hydrogen (secondary N) is 1. The van der Waals surface area contributed by atoms with E-state index in [9.17, 15) is 19.2 Å². The van der Waals surface area contributed by atoms with Gasteiger partial charge in [0.05, 0.1) is 18.9 Å². The van der Waals surface area contributed by atoms with Crippen LogP contribution in [0.5, 0.6) is 0 Å². The Hall–Kier alpha value is -2.22. The molecule has 8 nitrogen and oxygen atoms in total. The number of unbranched alkanes of at least 4 members (excludes halogenated alkanes) is 18. The van der Waals surface area contributed by atoms with E-state index in [-0.39, 0.29) is 10.9 Å². The normalized spacial score (nSPS) is 11.1. The highest BCUT2D eigenvalue weighted by Crippen LogP contribution is 2.21. The van der Waals surface area contributed by atoms with E-state index >= 15 is 0 Å². The maximum atomic E-state index is 11.7. The Labute approximate surface area is 371 Å². The number of rotatable bonds is 43. The fourth-order valence-electron chi connectivity index (χ4n) is 7.98. The van der Waals surface area contributed by atoms with Crippen molar-refractivity contribution in [2.45, 2.75) is 248 Å². The number of ether oxygens (including phenoxy) is 2. The largest absolute Gasteiger partial charge is 0.468 e. The van der Waals surface area contributed by atoms with Gasteiger partial charge in [-0.25, -0.2) is 0 Å². The molecule has 0 heterocycles. The number of nitrogens with zero attached hydrogens (tertiary/aromatic N) is 1. The average molecular weight is 849 g/mol. The van der Waals surface area contributed by atoms with Crippen molar-refractivity contribution >= 4 is 18.6 Å². The number of hydrogen-bond acceptors (Lipinski definition) is 8. The summed E-state index contributed by atoms with van der Waals surface area (Å²) in [6.45, 7) is 22.0. The van der Waals surface area contributed by atoms with Gasteiger partial charge in [-0.15, -0.1) is 0 Å². The molecule has 0 fully saturated rings. The second-order valence-electron chi connectivity index (χ2n) is 17.4. The summed E-state index contributed by atoms with van der Waals surface area (Å²) in [4.78, 5) is 46.0. The first kappa shape index (κ1) is 59.9. The Morgan fingerprint density at radius 1 is 0.467 bits per heavy atom. The second-order valence-corrected chi connectivity index (χ2v) is 17.4. The summed E-state index contributed by atoms with van der Waals surface area (Å²) < 4.78 is 9.67. The molecule has 0 aliphatic carbocycles. The van der Waals surface area contributed by atoms with Crippen LogP contribution in [0, 0.1) is 11.8 Å². The first-order valence-corrected chi connectivity index (χ1v) is 25.7. The van der Waals surface area contributed by atoms with Crippen LogP contribution in [0.1, 0.15) is 247 Å². The minimum atomic E-state index is -0.321. The van der Waals surface area contributed by atoms with Gasteiger partial charge in [-0.3, -0.25) is 19.2 Å². The van der Waals surface area contributed by atoms with Crippen molar-refractivity contribution in [1.82, 2.24) is 4.90 Å². The van der Waals surface area contributed by atoms with E-state index in [4.69, 9.17) is 9.47 Å². The maximum Gasteiger partial charge on any atom is 0.293 e. The fourth-order valence-corrected chi connectivity index (χ4v) is 7.98. The Morgan fingerprint density at radius 3 is 1.30 bits per heavy atom. The zero-order chi connectivity index (χ0) is 44.7. The fraction of sp³-hybridized carbons (Fsp3) is 0.885. The summed E-state index contributed by atoms with van der Waals surface area (Å²) in [6.07, 6.45) is 39.4. The summed E-state index contributed by atoms with van der Waals surface area (Å²) in [5.74, 6) is 1.35. The topological polar surface area (TPSA) is 102 Å². The van der Waals surface area contributed by atoms with E-state index in [0.29, 0.717) is 49.7 Å². The van der Waals surface area contributed by atoms with Crippen LogP contribution in [-0.4, -0.2) is 57.2 Å². The van der Waals surface area contributed by atoms with E-state index < -0.39 is 0 Å². The van der Waals surface area contributed by atoms with Crippen LogP contribution < -0.4 is 16.2 Å². The zero-order valence-electron chi connectivity index (χ0n) is 40.9. The molecule has 0 aliphatic heterocycles. The van der Waals surface area contributed by atoms with Gasteiger partial charge < -0.3 is 19.7 Å². The molecule has 354 valence electrons. The first-order valence-electron chi connectivity index (χ1n) is 25.7. The molecule has 0 spiro atoms. The van der Waals surface area contributed by atoms with Crippen LogP contribution in [0.15, 0.2) is 9.59 Å². The molecule has 0 atom stereocenters. The maximum absolute atomic E-state index is 11.7. The molecule has 0 radical (unpaired) electrons. The lowest BCUT2D eigenvalue weighted by molar-refractivity contribution is -0.130. The lowest BCUT2D eigenvalue weighted by Crippen LogP contribution is -2.38. The standard InChI is InChI=1S/C25H46N2O2.C14H28O2.C13H26O2/c1-4-7-9-11-13-15-19-27(20-16-14-12-10-8-5-2)21-17-18-26-23-22(6-3)24(28)25(23)29;1-3-5-7-9-14(10-8-6-4-2)11-12-16-13-15;1-3-5-7-9-13(11-15-12-14)10-8-6-4-2/h26H,4-21H2,1-3H3;13-14H,3-12H2,1-2H3;12-13H,3-11H2,1-2H3. The third kappa shape index (κ3) is 36.4. The number of carbonyl (C=O) groups excluding carboxylic acids is 2. The summed E-state index contributed by atoms with van der Waals surface area (Å²) in [6, 6.07) is 0. The summed E-state index contributed by atoms with van der Waals surface area (Å²) in [5.41, 5.74) is 0.655. The molecule has 8 heteroatoms. The molecular weight excluding hydrogens is 749 g/mol. The molecule has 0 aliphatic rings. The Balaban J connectivity index is 0. The number of carbonyl (C=O) groups is 2. The minimum absolute atomic E-state index is 0.289. The van der Waals surface area contributed by atoms with Gasteiger partial charge in [0.1, 0.15) is 0 Å². The average Bonchev–Trinajstić information content (AvgIpc) is 3.26. The highest BCUT2D eigenvalue weighted by atomic mass is 16.5. The molecule has 0 saturated carbocycles. The van der Waals surface area contributed by atoms with Gasteiger partial charge in [0.2, 0.25) is 10.9 Å². The van der Waals surface area contributed by atoms with Gasteiger partial charge in [0.15, 0.2) is 0 Å². The Kier molecular flexibility index (Phi) is 47.7. The van der Waals surface area contributed by atoms with Crippen molar-refractivity contribution in [1.29, 1.82) is 0 Å². The van der Waals surface area contributed by atoms with Crippen molar-refractivity contribution < 1.29 is 19.1 Å². The molecule has 1 aromatic carbocycles. The van der Waals surface area contributed by atoms with Gasteiger partial charge >= 0.3 is 0 Å². The van der Waals surface area contributed by atoms with Crippen molar-refractivity contribution in [2.75, 3.05) is 44.7 Å².